The summed E-state index contributed by atoms with van der Waals surface area (Å²) in [6.45, 7) is 4.87. The smallest absolute Gasteiger partial charge is 0.216 e. The fourth-order valence-corrected chi connectivity index (χ4v) is 4.31. The first-order chi connectivity index (χ1) is 14.7. The zero-order valence-electron chi connectivity index (χ0n) is 16.4. The van der Waals surface area contributed by atoms with E-state index in [2.05, 4.69) is 111 Å². The number of nitrogens with zero attached hydrogens (tertiary/aromatic N) is 3. The van der Waals surface area contributed by atoms with Crippen LogP contribution in [0.4, 0.5) is 17.1 Å². The lowest BCUT2D eigenvalue weighted by molar-refractivity contribution is 1.14. The lowest BCUT2D eigenvalue weighted by atomic mass is 10.0. The third kappa shape index (κ3) is 3.40. The van der Waals surface area contributed by atoms with Crippen molar-refractivity contribution in [1.82, 2.24) is 0 Å². The van der Waals surface area contributed by atoms with E-state index < -0.39 is 0 Å². The lowest BCUT2D eigenvalue weighted by Gasteiger charge is -2.23. The first-order valence-corrected chi connectivity index (χ1v) is 10.6. The number of hydrogen-bond donors (Lipinski definition) is 0. The van der Waals surface area contributed by atoms with Crippen molar-refractivity contribution in [3.05, 3.63) is 114 Å². The number of halogens is 1. The van der Waals surface area contributed by atoms with Crippen LogP contribution in [-0.4, -0.2) is 12.5 Å². The highest BCUT2D eigenvalue weighted by molar-refractivity contribution is 9.11. The van der Waals surface area contributed by atoms with Crippen LogP contribution < -0.4 is 9.80 Å². The van der Waals surface area contributed by atoms with Crippen molar-refractivity contribution >= 4 is 39.0 Å². The number of para-hydroxylation sites is 2. The van der Waals surface area contributed by atoms with Gasteiger partial charge in [0.15, 0.2) is 0 Å². The van der Waals surface area contributed by atoms with Gasteiger partial charge < -0.3 is 4.90 Å². The zero-order valence-corrected chi connectivity index (χ0v) is 18.0. The van der Waals surface area contributed by atoms with Crippen LogP contribution in [0, 0.1) is 0 Å². The number of fused-ring (bicyclic) bond motifs is 3. The van der Waals surface area contributed by atoms with E-state index >= 15 is 0 Å². The summed E-state index contributed by atoms with van der Waals surface area (Å²) in [5.41, 5.74) is 6.39. The molecule has 30 heavy (non-hydrogen) atoms. The molecule has 0 N–H and O–H groups in total. The molecule has 2 aliphatic heterocycles. The molecule has 0 amide bonds. The Kier molecular flexibility index (Phi) is 4.85. The van der Waals surface area contributed by atoms with Crippen LogP contribution in [0.25, 0.3) is 11.1 Å². The van der Waals surface area contributed by atoms with Crippen molar-refractivity contribution in [3.63, 3.8) is 0 Å². The summed E-state index contributed by atoms with van der Waals surface area (Å²) in [6, 6.07) is 27.5. The van der Waals surface area contributed by atoms with E-state index in [9.17, 15) is 0 Å². The van der Waals surface area contributed by atoms with Gasteiger partial charge >= 0.3 is 0 Å². The van der Waals surface area contributed by atoms with Gasteiger partial charge in [0.25, 0.3) is 0 Å². The maximum absolute atomic E-state index is 4.91. The Bertz CT molecular complexity index is 1210. The Morgan fingerprint density at radius 1 is 0.833 bits per heavy atom. The van der Waals surface area contributed by atoms with Crippen LogP contribution in [0.15, 0.2) is 119 Å². The van der Waals surface area contributed by atoms with E-state index in [-0.39, 0.29) is 0 Å². The molecule has 0 bridgehead atoms. The molecule has 0 saturated carbocycles. The normalized spacial score (nSPS) is 18.4. The third-order valence-electron chi connectivity index (χ3n) is 5.18. The summed E-state index contributed by atoms with van der Waals surface area (Å²) in [7, 11) is 0. The standard InChI is InChI=1S/C26H20BrN3/c1-19-17-22(27)12-8-16-29-24-14-5-6-15-25(24)30(26(29)28-19)23-13-7-11-21(18-23)20-9-3-2-4-10-20/h2-15,17-18H,1,16H2/b12-8-,22-17+,28-26?. The maximum Gasteiger partial charge on any atom is 0.216 e. The molecule has 3 aromatic carbocycles. The van der Waals surface area contributed by atoms with E-state index in [1.807, 2.05) is 18.2 Å². The van der Waals surface area contributed by atoms with Crippen LogP contribution in [0.2, 0.25) is 0 Å². The van der Waals surface area contributed by atoms with Crippen LogP contribution in [0.5, 0.6) is 0 Å². The average Bonchev–Trinajstić information content (AvgIpc) is 3.09. The quantitative estimate of drug-likeness (QED) is 0.414. The molecule has 2 aliphatic rings. The van der Waals surface area contributed by atoms with Crippen molar-refractivity contribution in [1.29, 1.82) is 0 Å². The minimum Gasteiger partial charge on any atom is -0.306 e. The second-order valence-electron chi connectivity index (χ2n) is 7.19. The van der Waals surface area contributed by atoms with Crippen molar-refractivity contribution in [3.8, 4) is 11.1 Å². The van der Waals surface area contributed by atoms with Gasteiger partial charge in [-0.15, -0.1) is 0 Å². The highest BCUT2D eigenvalue weighted by Crippen LogP contribution is 2.43. The Morgan fingerprint density at radius 2 is 1.57 bits per heavy atom. The molecule has 0 atom stereocenters. The van der Waals surface area contributed by atoms with Crippen LogP contribution in [0.1, 0.15) is 0 Å². The summed E-state index contributed by atoms with van der Waals surface area (Å²) in [6.07, 6.45) is 6.12. The molecule has 5 rings (SSSR count). The summed E-state index contributed by atoms with van der Waals surface area (Å²) >= 11 is 3.57. The molecular formula is C26H20BrN3. The Hall–Kier alpha value is -3.37. The molecule has 0 aliphatic carbocycles. The summed E-state index contributed by atoms with van der Waals surface area (Å²) < 4.78 is 0.962. The Labute approximate surface area is 185 Å². The van der Waals surface area contributed by atoms with Crippen molar-refractivity contribution < 1.29 is 0 Å². The maximum atomic E-state index is 4.91. The molecular weight excluding hydrogens is 434 g/mol. The largest absolute Gasteiger partial charge is 0.306 e. The number of aliphatic imine (C=N–C) groups is 1. The van der Waals surface area contributed by atoms with E-state index in [0.717, 1.165) is 34.0 Å². The number of allylic oxidation sites excluding steroid dienone is 3. The highest BCUT2D eigenvalue weighted by atomic mass is 79.9. The summed E-state index contributed by atoms with van der Waals surface area (Å²) in [4.78, 5) is 9.35. The fraction of sp³-hybridized carbons (Fsp3) is 0.0385. The molecule has 3 nitrogen and oxygen atoms in total. The second-order valence-corrected chi connectivity index (χ2v) is 8.10. The predicted molar refractivity (Wildman–Crippen MR) is 131 cm³/mol. The topological polar surface area (TPSA) is 18.8 Å². The monoisotopic (exact) mass is 453 g/mol. The number of guanidine groups is 1. The molecule has 0 aromatic heterocycles. The van der Waals surface area contributed by atoms with Gasteiger partial charge in [-0.05, 0) is 41.5 Å². The van der Waals surface area contributed by atoms with Gasteiger partial charge in [-0.2, -0.15) is 0 Å². The Balaban J connectivity index is 1.67. The zero-order chi connectivity index (χ0) is 20.5. The molecule has 3 aromatic rings. The van der Waals surface area contributed by atoms with E-state index in [0.29, 0.717) is 5.70 Å². The van der Waals surface area contributed by atoms with Crippen LogP contribution in [0.3, 0.4) is 0 Å². The predicted octanol–water partition coefficient (Wildman–Crippen LogP) is 7.03. The minimum atomic E-state index is 0.699. The van der Waals surface area contributed by atoms with Crippen LogP contribution in [-0.2, 0) is 0 Å². The van der Waals surface area contributed by atoms with Gasteiger partial charge in [0.1, 0.15) is 0 Å². The molecule has 0 unspecified atom stereocenters. The lowest BCUT2D eigenvalue weighted by Crippen LogP contribution is -2.36. The van der Waals surface area contributed by atoms with Crippen molar-refractivity contribution in [2.75, 3.05) is 16.3 Å². The molecule has 0 fully saturated rings. The number of rotatable bonds is 2. The SMILES string of the molecule is C=C1/C=C(Br)\C=C/CN2C(=N1)N(c1cccc(-c3ccccc3)c1)c1ccccc12. The average molecular weight is 454 g/mol. The molecule has 4 heteroatoms. The number of hydrogen-bond acceptors (Lipinski definition) is 3. The highest BCUT2D eigenvalue weighted by Gasteiger charge is 2.33. The molecule has 2 heterocycles. The third-order valence-corrected chi connectivity index (χ3v) is 5.67. The van der Waals surface area contributed by atoms with Gasteiger partial charge in [0, 0.05) is 16.7 Å². The van der Waals surface area contributed by atoms with E-state index in [1.54, 1.807) is 0 Å². The number of benzene rings is 3. The van der Waals surface area contributed by atoms with Gasteiger partial charge in [-0.1, -0.05) is 89.3 Å². The second kappa shape index (κ2) is 7.81. The minimum absolute atomic E-state index is 0.699. The fourth-order valence-electron chi connectivity index (χ4n) is 3.86. The van der Waals surface area contributed by atoms with Gasteiger partial charge in [-0.3, -0.25) is 4.90 Å². The summed E-state index contributed by atoms with van der Waals surface area (Å²) in [5, 5.41) is 0. The molecule has 0 radical (unpaired) electrons. The number of anilines is 3. The summed E-state index contributed by atoms with van der Waals surface area (Å²) in [5.74, 6) is 0.856. The van der Waals surface area contributed by atoms with Crippen LogP contribution >= 0.6 is 15.9 Å². The van der Waals surface area contributed by atoms with Gasteiger partial charge in [-0.25, -0.2) is 4.99 Å². The van der Waals surface area contributed by atoms with Crippen molar-refractivity contribution in [2.45, 2.75) is 0 Å². The van der Waals surface area contributed by atoms with E-state index in [1.165, 1.54) is 11.1 Å². The Morgan fingerprint density at radius 3 is 2.40 bits per heavy atom. The molecule has 0 saturated heterocycles. The molecule has 146 valence electrons. The molecule has 0 spiro atoms. The van der Waals surface area contributed by atoms with Gasteiger partial charge in [0.05, 0.1) is 17.1 Å². The first-order valence-electron chi connectivity index (χ1n) is 9.84. The van der Waals surface area contributed by atoms with Crippen molar-refractivity contribution in [2.24, 2.45) is 4.99 Å². The van der Waals surface area contributed by atoms with Gasteiger partial charge in [0.2, 0.25) is 5.96 Å². The first kappa shape index (κ1) is 18.6. The van der Waals surface area contributed by atoms with E-state index in [4.69, 9.17) is 4.99 Å².